The Bertz CT molecular complexity index is 519. The maximum absolute atomic E-state index is 6.14. The fourth-order valence-electron chi connectivity index (χ4n) is 1.78. The van der Waals surface area contributed by atoms with Crippen molar-refractivity contribution in [1.29, 1.82) is 0 Å². The lowest BCUT2D eigenvalue weighted by atomic mass is 10.0. The normalized spacial score (nSPS) is 12.4. The van der Waals surface area contributed by atoms with Crippen LogP contribution in [0.1, 0.15) is 24.1 Å². The molecule has 1 aromatic carbocycles. The number of hydrogen-bond acceptors (Lipinski definition) is 3. The van der Waals surface area contributed by atoms with E-state index in [-0.39, 0.29) is 6.04 Å². The Labute approximate surface area is 120 Å². The highest BCUT2D eigenvalue weighted by Crippen LogP contribution is 2.28. The fraction of sp³-hybridized carbons (Fsp3) is 0.231. The number of nitrogens with zero attached hydrogens (tertiary/aromatic N) is 2. The molecule has 5 heteroatoms. The topological polar surface area (TPSA) is 37.8 Å². The van der Waals surface area contributed by atoms with Crippen LogP contribution < -0.4 is 5.32 Å². The van der Waals surface area contributed by atoms with Crippen molar-refractivity contribution >= 4 is 27.5 Å². The average Bonchev–Trinajstić information content (AvgIpc) is 2.40. The number of nitrogens with one attached hydrogen (secondary N) is 1. The van der Waals surface area contributed by atoms with Gasteiger partial charge in [-0.1, -0.05) is 24.6 Å². The predicted octanol–water partition coefficient (Wildman–Crippen LogP) is 3.59. The molecule has 0 aliphatic rings. The van der Waals surface area contributed by atoms with Gasteiger partial charge in [0.05, 0.1) is 11.1 Å². The van der Waals surface area contributed by atoms with Gasteiger partial charge in [-0.3, -0.25) is 0 Å². The molecule has 0 fully saturated rings. The van der Waals surface area contributed by atoms with Crippen LogP contribution >= 0.6 is 27.5 Å². The Morgan fingerprint density at radius 2 is 2.00 bits per heavy atom. The van der Waals surface area contributed by atoms with Crippen molar-refractivity contribution in [3.8, 4) is 0 Å². The lowest BCUT2D eigenvalue weighted by Crippen LogP contribution is -2.22. The van der Waals surface area contributed by atoms with Gasteiger partial charge in [0.15, 0.2) is 0 Å². The fourth-order valence-corrected chi connectivity index (χ4v) is 2.22. The molecule has 0 aliphatic heterocycles. The van der Waals surface area contributed by atoms with Crippen LogP contribution in [0.3, 0.4) is 0 Å². The van der Waals surface area contributed by atoms with Crippen molar-refractivity contribution < 1.29 is 0 Å². The summed E-state index contributed by atoms with van der Waals surface area (Å²) in [6.07, 6.45) is 5.16. The summed E-state index contributed by atoms with van der Waals surface area (Å²) < 4.78 is 0.896. The van der Waals surface area contributed by atoms with E-state index in [0.29, 0.717) is 5.02 Å². The van der Waals surface area contributed by atoms with Gasteiger partial charge in [0.1, 0.15) is 6.33 Å². The molecule has 1 unspecified atom stereocenters. The van der Waals surface area contributed by atoms with Crippen LogP contribution in [0.5, 0.6) is 0 Å². The molecule has 0 bridgehead atoms. The van der Waals surface area contributed by atoms with Crippen LogP contribution in [-0.4, -0.2) is 16.5 Å². The summed E-state index contributed by atoms with van der Waals surface area (Å²) in [7, 11) is 0. The molecule has 18 heavy (non-hydrogen) atoms. The first-order valence-corrected chi connectivity index (χ1v) is 6.82. The zero-order valence-electron chi connectivity index (χ0n) is 9.90. The Hall–Kier alpha value is -0.970. The van der Waals surface area contributed by atoms with Crippen LogP contribution in [0.2, 0.25) is 5.02 Å². The maximum Gasteiger partial charge on any atom is 0.115 e. The summed E-state index contributed by atoms with van der Waals surface area (Å²) in [5.74, 6) is 0. The van der Waals surface area contributed by atoms with Gasteiger partial charge in [0.25, 0.3) is 0 Å². The van der Waals surface area contributed by atoms with E-state index < -0.39 is 0 Å². The molecular weight excluding hydrogens is 314 g/mol. The number of hydrogen-bond donors (Lipinski definition) is 1. The van der Waals surface area contributed by atoms with E-state index in [0.717, 1.165) is 22.1 Å². The van der Waals surface area contributed by atoms with Gasteiger partial charge in [-0.15, -0.1) is 0 Å². The third-order valence-corrected chi connectivity index (χ3v) is 3.83. The molecule has 2 rings (SSSR count). The van der Waals surface area contributed by atoms with Crippen molar-refractivity contribution in [2.75, 3.05) is 6.54 Å². The smallest absolute Gasteiger partial charge is 0.115 e. The third kappa shape index (κ3) is 3.07. The minimum atomic E-state index is 0.0572. The van der Waals surface area contributed by atoms with Gasteiger partial charge in [-0.25, -0.2) is 9.97 Å². The van der Waals surface area contributed by atoms with Gasteiger partial charge >= 0.3 is 0 Å². The molecule has 1 aromatic heterocycles. The van der Waals surface area contributed by atoms with E-state index in [2.05, 4.69) is 38.1 Å². The highest BCUT2D eigenvalue weighted by atomic mass is 79.9. The van der Waals surface area contributed by atoms with Crippen LogP contribution in [-0.2, 0) is 0 Å². The second-order valence-electron chi connectivity index (χ2n) is 3.84. The third-order valence-electron chi connectivity index (χ3n) is 2.60. The number of aromatic nitrogens is 2. The lowest BCUT2D eigenvalue weighted by molar-refractivity contribution is 0.626. The molecule has 0 amide bonds. The maximum atomic E-state index is 6.14. The summed E-state index contributed by atoms with van der Waals surface area (Å²) in [5, 5.41) is 4.11. The molecule has 1 atom stereocenters. The van der Waals surface area contributed by atoms with Crippen molar-refractivity contribution in [3.63, 3.8) is 0 Å². The summed E-state index contributed by atoms with van der Waals surface area (Å²) in [5.41, 5.74) is 2.12. The van der Waals surface area contributed by atoms with Crippen molar-refractivity contribution in [2.24, 2.45) is 0 Å². The Balaban J connectivity index is 2.38. The average molecular weight is 327 g/mol. The summed E-state index contributed by atoms with van der Waals surface area (Å²) >= 11 is 9.54. The quantitative estimate of drug-likeness (QED) is 0.933. The zero-order chi connectivity index (χ0) is 13.0. The van der Waals surface area contributed by atoms with Gasteiger partial charge in [-0.05, 0) is 40.2 Å². The van der Waals surface area contributed by atoms with Crippen LogP contribution in [0, 0.1) is 0 Å². The monoisotopic (exact) mass is 325 g/mol. The molecule has 0 spiro atoms. The van der Waals surface area contributed by atoms with E-state index in [1.54, 1.807) is 0 Å². The van der Waals surface area contributed by atoms with E-state index in [1.165, 1.54) is 6.33 Å². The number of halogens is 2. The molecular formula is C13H13BrClN3. The summed E-state index contributed by atoms with van der Waals surface area (Å²) in [6, 6.07) is 6.00. The molecule has 1 N–H and O–H groups in total. The summed E-state index contributed by atoms with van der Waals surface area (Å²) in [4.78, 5) is 8.12. The Morgan fingerprint density at radius 1 is 1.28 bits per heavy atom. The van der Waals surface area contributed by atoms with Gasteiger partial charge < -0.3 is 5.32 Å². The highest BCUT2D eigenvalue weighted by molar-refractivity contribution is 9.10. The predicted molar refractivity (Wildman–Crippen MR) is 76.7 cm³/mol. The molecule has 0 saturated carbocycles. The second-order valence-corrected chi connectivity index (χ2v) is 5.10. The van der Waals surface area contributed by atoms with Crippen LogP contribution in [0.15, 0.2) is 41.4 Å². The molecule has 94 valence electrons. The first kappa shape index (κ1) is 13.5. The van der Waals surface area contributed by atoms with Crippen molar-refractivity contribution in [1.82, 2.24) is 15.3 Å². The SMILES string of the molecule is CCNC(c1cncnc1)c1ccc(Br)c(Cl)c1. The van der Waals surface area contributed by atoms with Crippen molar-refractivity contribution in [3.05, 3.63) is 57.5 Å². The molecule has 0 radical (unpaired) electrons. The molecule has 1 heterocycles. The first-order valence-electron chi connectivity index (χ1n) is 5.65. The highest BCUT2D eigenvalue weighted by Gasteiger charge is 2.14. The second kappa shape index (κ2) is 6.27. The number of rotatable bonds is 4. The van der Waals surface area contributed by atoms with E-state index in [4.69, 9.17) is 11.6 Å². The molecule has 0 saturated heterocycles. The van der Waals surface area contributed by atoms with E-state index >= 15 is 0 Å². The standard InChI is InChI=1S/C13H13BrClN3/c1-2-18-13(10-6-16-8-17-7-10)9-3-4-11(14)12(15)5-9/h3-8,13,18H,2H2,1H3. The van der Waals surface area contributed by atoms with Crippen LogP contribution in [0.4, 0.5) is 0 Å². The Kier molecular flexibility index (Phi) is 4.69. The molecule has 0 aliphatic carbocycles. The molecule has 3 nitrogen and oxygen atoms in total. The first-order chi connectivity index (χ1) is 8.72. The van der Waals surface area contributed by atoms with Crippen molar-refractivity contribution in [2.45, 2.75) is 13.0 Å². The number of benzene rings is 1. The van der Waals surface area contributed by atoms with Gasteiger partial charge in [0, 0.05) is 22.4 Å². The van der Waals surface area contributed by atoms with E-state index in [9.17, 15) is 0 Å². The van der Waals surface area contributed by atoms with E-state index in [1.807, 2.05) is 30.6 Å². The largest absolute Gasteiger partial charge is 0.306 e. The van der Waals surface area contributed by atoms with Gasteiger partial charge in [0.2, 0.25) is 0 Å². The molecule has 2 aromatic rings. The zero-order valence-corrected chi connectivity index (χ0v) is 12.2. The minimum absolute atomic E-state index is 0.0572. The minimum Gasteiger partial charge on any atom is -0.306 e. The summed E-state index contributed by atoms with van der Waals surface area (Å²) in [6.45, 7) is 2.92. The van der Waals surface area contributed by atoms with Crippen LogP contribution in [0.25, 0.3) is 0 Å². The lowest BCUT2D eigenvalue weighted by Gasteiger charge is -2.18. The Morgan fingerprint density at radius 3 is 2.61 bits per heavy atom. The van der Waals surface area contributed by atoms with Gasteiger partial charge in [-0.2, -0.15) is 0 Å².